The third-order valence-electron chi connectivity index (χ3n) is 2.47. The molecule has 1 aromatic carbocycles. The Morgan fingerprint density at radius 1 is 1.19 bits per heavy atom. The molecular weight excluding hydrogens is 218 g/mol. The maximum atomic E-state index is 5.98. The first-order valence-electron chi connectivity index (χ1n) is 5.26. The summed E-state index contributed by atoms with van der Waals surface area (Å²) >= 11 is 5.98. The molecule has 1 atom stereocenters. The fourth-order valence-corrected chi connectivity index (χ4v) is 1.67. The van der Waals surface area contributed by atoms with Gasteiger partial charge in [0.25, 0.3) is 0 Å². The minimum Gasteiger partial charge on any atom is -0.309 e. The highest BCUT2D eigenvalue weighted by Gasteiger charge is 2.18. The van der Waals surface area contributed by atoms with Crippen LogP contribution in [0.5, 0.6) is 0 Å². The summed E-state index contributed by atoms with van der Waals surface area (Å²) in [4.78, 5) is -0.704. The van der Waals surface area contributed by atoms with Gasteiger partial charge >= 0.3 is 0 Å². The highest BCUT2D eigenvalue weighted by molar-refractivity contribution is 6.25. The van der Waals surface area contributed by atoms with Crippen LogP contribution in [0.4, 0.5) is 0 Å². The monoisotopic (exact) mass is 231 g/mol. The van der Waals surface area contributed by atoms with Crippen molar-refractivity contribution in [3.63, 3.8) is 0 Å². The Labute approximate surface area is 101 Å². The molecule has 82 valence electrons. The van der Waals surface area contributed by atoms with E-state index in [1.54, 1.807) is 0 Å². The third kappa shape index (κ3) is 3.09. The van der Waals surface area contributed by atoms with Gasteiger partial charge in [0.05, 0.1) is 0 Å². The van der Waals surface area contributed by atoms with Crippen molar-refractivity contribution in [3.8, 4) is 0 Å². The second-order valence-corrected chi connectivity index (χ2v) is 4.62. The van der Waals surface area contributed by atoms with E-state index in [1.165, 1.54) is 5.56 Å². The predicted molar refractivity (Wildman–Crippen MR) is 70.1 cm³/mol. The highest BCUT2D eigenvalue weighted by atomic mass is 35.5. The fraction of sp³-hybridized carbons (Fsp3) is 0.143. The lowest BCUT2D eigenvalue weighted by atomic mass is 10.0. The number of nitrogens with two attached hydrogens (primary N) is 1. The summed E-state index contributed by atoms with van der Waals surface area (Å²) in [6, 6.07) is 10.2. The van der Waals surface area contributed by atoms with Gasteiger partial charge in [0, 0.05) is 6.42 Å². The number of halogens is 1. The second-order valence-electron chi connectivity index (χ2n) is 3.91. The molecule has 0 fully saturated rings. The zero-order valence-corrected chi connectivity index (χ0v) is 9.69. The molecule has 0 radical (unpaired) electrons. The molecule has 0 amide bonds. The Morgan fingerprint density at radius 3 is 2.56 bits per heavy atom. The van der Waals surface area contributed by atoms with Crippen molar-refractivity contribution in [1.82, 2.24) is 0 Å². The van der Waals surface area contributed by atoms with Crippen molar-refractivity contribution < 1.29 is 0 Å². The summed E-state index contributed by atoms with van der Waals surface area (Å²) in [5.41, 5.74) is 8.09. The molecule has 0 aliphatic heterocycles. The molecule has 0 saturated carbocycles. The normalized spacial score (nSPS) is 24.8. The Morgan fingerprint density at radius 2 is 1.94 bits per heavy atom. The minimum absolute atomic E-state index is 0.666. The molecule has 1 aliphatic carbocycles. The second kappa shape index (κ2) is 4.69. The number of allylic oxidation sites excluding steroid dienone is 3. The van der Waals surface area contributed by atoms with Crippen LogP contribution in [-0.4, -0.2) is 5.00 Å². The van der Waals surface area contributed by atoms with Crippen molar-refractivity contribution in [1.29, 1.82) is 0 Å². The quantitative estimate of drug-likeness (QED) is 0.612. The van der Waals surface area contributed by atoms with Crippen molar-refractivity contribution in [3.05, 3.63) is 65.8 Å². The van der Waals surface area contributed by atoms with Crippen LogP contribution in [0, 0.1) is 0 Å². The van der Waals surface area contributed by atoms with Crippen LogP contribution in [0.1, 0.15) is 12.0 Å². The first kappa shape index (κ1) is 11.2. The molecule has 16 heavy (non-hydrogen) atoms. The van der Waals surface area contributed by atoms with E-state index in [0.717, 1.165) is 5.57 Å². The number of benzene rings is 1. The SMILES string of the molecule is NC1(Cl)C=CC(C=Cc2ccccc2)=CC1. The van der Waals surface area contributed by atoms with E-state index in [1.807, 2.05) is 36.4 Å². The molecule has 0 saturated heterocycles. The zero-order valence-electron chi connectivity index (χ0n) is 8.94. The van der Waals surface area contributed by atoms with E-state index in [4.69, 9.17) is 17.3 Å². The van der Waals surface area contributed by atoms with Gasteiger partial charge in [-0.1, -0.05) is 66.2 Å². The van der Waals surface area contributed by atoms with Crippen LogP contribution in [-0.2, 0) is 0 Å². The van der Waals surface area contributed by atoms with E-state index >= 15 is 0 Å². The molecule has 0 aromatic heterocycles. The maximum Gasteiger partial charge on any atom is 0.113 e. The van der Waals surface area contributed by atoms with Crippen LogP contribution in [0.2, 0.25) is 0 Å². The molecule has 1 nitrogen and oxygen atoms in total. The molecule has 0 bridgehead atoms. The summed E-state index contributed by atoms with van der Waals surface area (Å²) in [6.45, 7) is 0. The van der Waals surface area contributed by atoms with Gasteiger partial charge in [-0.05, 0) is 17.2 Å². The van der Waals surface area contributed by atoms with Crippen LogP contribution in [0.15, 0.2) is 60.2 Å². The van der Waals surface area contributed by atoms with Gasteiger partial charge in [-0.15, -0.1) is 0 Å². The van der Waals surface area contributed by atoms with Gasteiger partial charge in [0.2, 0.25) is 0 Å². The van der Waals surface area contributed by atoms with Gasteiger partial charge in [-0.25, -0.2) is 0 Å². The number of hydrogen-bond acceptors (Lipinski definition) is 1. The average molecular weight is 232 g/mol. The number of alkyl halides is 1. The van der Waals surface area contributed by atoms with Gasteiger partial charge in [0.15, 0.2) is 0 Å². The summed E-state index contributed by atoms with van der Waals surface area (Å²) < 4.78 is 0. The molecule has 1 unspecified atom stereocenters. The van der Waals surface area contributed by atoms with Crippen LogP contribution in [0.3, 0.4) is 0 Å². The molecular formula is C14H14ClN. The largest absolute Gasteiger partial charge is 0.309 e. The average Bonchev–Trinajstić information content (AvgIpc) is 2.29. The smallest absolute Gasteiger partial charge is 0.113 e. The van der Waals surface area contributed by atoms with E-state index in [2.05, 4.69) is 24.3 Å². The van der Waals surface area contributed by atoms with E-state index in [0.29, 0.717) is 6.42 Å². The Kier molecular flexibility index (Phi) is 3.28. The highest BCUT2D eigenvalue weighted by Crippen LogP contribution is 2.23. The van der Waals surface area contributed by atoms with Crippen LogP contribution in [0.25, 0.3) is 6.08 Å². The van der Waals surface area contributed by atoms with Crippen molar-refractivity contribution in [2.45, 2.75) is 11.4 Å². The summed E-state index contributed by atoms with van der Waals surface area (Å²) in [6.07, 6.45) is 10.6. The van der Waals surface area contributed by atoms with Gasteiger partial charge in [-0.3, -0.25) is 0 Å². The van der Waals surface area contributed by atoms with Gasteiger partial charge < -0.3 is 5.73 Å². The summed E-state index contributed by atoms with van der Waals surface area (Å²) in [7, 11) is 0. The topological polar surface area (TPSA) is 26.0 Å². The molecule has 1 aromatic rings. The summed E-state index contributed by atoms with van der Waals surface area (Å²) in [5.74, 6) is 0. The Balaban J connectivity index is 2.05. The maximum absolute atomic E-state index is 5.98. The first-order chi connectivity index (χ1) is 7.66. The van der Waals surface area contributed by atoms with E-state index in [-0.39, 0.29) is 0 Å². The lowest BCUT2D eigenvalue weighted by Gasteiger charge is -2.18. The van der Waals surface area contributed by atoms with Crippen molar-refractivity contribution in [2.24, 2.45) is 5.73 Å². The number of hydrogen-bond donors (Lipinski definition) is 1. The molecule has 2 rings (SSSR count). The lowest BCUT2D eigenvalue weighted by Crippen LogP contribution is -2.30. The van der Waals surface area contributed by atoms with E-state index < -0.39 is 5.00 Å². The van der Waals surface area contributed by atoms with Gasteiger partial charge in [-0.2, -0.15) is 0 Å². The van der Waals surface area contributed by atoms with Crippen LogP contribution < -0.4 is 5.73 Å². The zero-order chi connectivity index (χ0) is 11.4. The standard InChI is InChI=1S/C14H14ClN/c15-14(16)10-8-13(9-11-14)7-6-12-4-2-1-3-5-12/h1-10H,11,16H2. The lowest BCUT2D eigenvalue weighted by molar-refractivity contribution is 0.739. The Bertz CT molecular complexity index is 441. The van der Waals surface area contributed by atoms with Crippen LogP contribution >= 0.6 is 11.6 Å². The molecule has 2 heteroatoms. The van der Waals surface area contributed by atoms with Crippen molar-refractivity contribution >= 4 is 17.7 Å². The van der Waals surface area contributed by atoms with Crippen molar-refractivity contribution in [2.75, 3.05) is 0 Å². The van der Waals surface area contributed by atoms with E-state index in [9.17, 15) is 0 Å². The minimum atomic E-state index is -0.704. The molecule has 0 spiro atoms. The third-order valence-corrected chi connectivity index (χ3v) is 2.75. The Hall–Kier alpha value is -1.31. The molecule has 0 heterocycles. The first-order valence-corrected chi connectivity index (χ1v) is 5.64. The molecule has 1 aliphatic rings. The fourth-order valence-electron chi connectivity index (χ4n) is 1.53. The number of rotatable bonds is 2. The van der Waals surface area contributed by atoms with Gasteiger partial charge in [0.1, 0.15) is 5.00 Å². The predicted octanol–water partition coefficient (Wildman–Crippen LogP) is 3.48. The molecule has 2 N–H and O–H groups in total. The summed E-state index contributed by atoms with van der Waals surface area (Å²) in [5, 5.41) is 0.